The maximum Gasteiger partial charge on any atom is 0.179 e. The molecule has 2 aromatic heterocycles. The average Bonchev–Trinajstić information content (AvgIpc) is 2.34. The number of nitrogen functional groups attached to an aromatic ring is 1. The van der Waals surface area contributed by atoms with E-state index in [9.17, 15) is 0 Å². The number of aromatic nitrogens is 3. The summed E-state index contributed by atoms with van der Waals surface area (Å²) in [4.78, 5) is 7.81. The van der Waals surface area contributed by atoms with Crippen molar-refractivity contribution in [2.45, 2.75) is 0 Å². The van der Waals surface area contributed by atoms with E-state index in [1.807, 2.05) is 0 Å². The van der Waals surface area contributed by atoms with Crippen LogP contribution in [0.25, 0.3) is 5.65 Å². The molecule has 0 aromatic carbocycles. The van der Waals surface area contributed by atoms with Crippen molar-refractivity contribution in [1.29, 1.82) is 0 Å². The number of fused-ring (bicyclic) bond motifs is 1. The summed E-state index contributed by atoms with van der Waals surface area (Å²) in [5, 5.41) is 0.369. The van der Waals surface area contributed by atoms with Crippen LogP contribution in [0.4, 0.5) is 5.82 Å². The van der Waals surface area contributed by atoms with Crippen LogP contribution in [0.2, 0.25) is 5.15 Å². The lowest BCUT2D eigenvalue weighted by molar-refractivity contribution is 1.13. The summed E-state index contributed by atoms with van der Waals surface area (Å²) in [6, 6.07) is 0. The number of imidazole rings is 1. The molecule has 11 heavy (non-hydrogen) atoms. The normalized spacial score (nSPS) is 10.6. The Morgan fingerprint density at radius 3 is 3.18 bits per heavy atom. The van der Waals surface area contributed by atoms with Crippen molar-refractivity contribution in [3.05, 3.63) is 23.7 Å². The fourth-order valence-corrected chi connectivity index (χ4v) is 1.12. The minimum atomic E-state index is 0.350. The Labute approximate surface area is 67.6 Å². The van der Waals surface area contributed by atoms with E-state index >= 15 is 0 Å². The van der Waals surface area contributed by atoms with Gasteiger partial charge in [0.2, 0.25) is 0 Å². The first kappa shape index (κ1) is 6.42. The quantitative estimate of drug-likeness (QED) is 0.638. The van der Waals surface area contributed by atoms with Crippen LogP contribution in [0.5, 0.6) is 0 Å². The zero-order valence-electron chi connectivity index (χ0n) is 5.53. The Morgan fingerprint density at radius 1 is 1.55 bits per heavy atom. The van der Waals surface area contributed by atoms with Crippen molar-refractivity contribution in [2.75, 3.05) is 5.73 Å². The van der Waals surface area contributed by atoms with Crippen LogP contribution < -0.4 is 5.73 Å². The molecule has 5 heteroatoms. The predicted molar refractivity (Wildman–Crippen MR) is 42.4 cm³/mol. The summed E-state index contributed by atoms with van der Waals surface area (Å²) in [5.41, 5.74) is 6.16. The lowest BCUT2D eigenvalue weighted by Gasteiger charge is -1.96. The van der Waals surface area contributed by atoms with E-state index in [4.69, 9.17) is 17.3 Å². The SMILES string of the molecule is Nc1nc(Cl)cn2ccnc12. The maximum atomic E-state index is 5.64. The maximum absolute atomic E-state index is 5.64. The number of anilines is 1. The van der Waals surface area contributed by atoms with Gasteiger partial charge < -0.3 is 10.1 Å². The molecule has 0 bridgehead atoms. The van der Waals surface area contributed by atoms with E-state index < -0.39 is 0 Å². The Hall–Kier alpha value is -1.29. The van der Waals surface area contributed by atoms with E-state index in [1.165, 1.54) is 0 Å². The highest BCUT2D eigenvalue weighted by Crippen LogP contribution is 2.12. The zero-order chi connectivity index (χ0) is 7.84. The molecule has 2 aromatic rings. The number of hydrogen-bond acceptors (Lipinski definition) is 3. The second-order valence-corrected chi connectivity index (χ2v) is 2.49. The van der Waals surface area contributed by atoms with Crippen LogP contribution in [-0.2, 0) is 0 Å². The molecule has 2 rings (SSSR count). The number of rotatable bonds is 0. The lowest BCUT2D eigenvalue weighted by Crippen LogP contribution is -1.95. The number of halogens is 1. The lowest BCUT2D eigenvalue weighted by atomic mass is 10.6. The molecule has 4 nitrogen and oxygen atoms in total. The fraction of sp³-hybridized carbons (Fsp3) is 0. The summed E-state index contributed by atoms with van der Waals surface area (Å²) < 4.78 is 1.73. The highest BCUT2D eigenvalue weighted by molar-refractivity contribution is 6.29. The molecule has 2 heterocycles. The first-order valence-electron chi connectivity index (χ1n) is 3.02. The van der Waals surface area contributed by atoms with Crippen molar-refractivity contribution < 1.29 is 0 Å². The van der Waals surface area contributed by atoms with Gasteiger partial charge in [0, 0.05) is 18.6 Å². The van der Waals surface area contributed by atoms with Gasteiger partial charge in [-0.1, -0.05) is 11.6 Å². The molecule has 56 valence electrons. The van der Waals surface area contributed by atoms with Gasteiger partial charge in [-0.25, -0.2) is 9.97 Å². The first-order valence-corrected chi connectivity index (χ1v) is 3.40. The average molecular weight is 169 g/mol. The van der Waals surface area contributed by atoms with Crippen LogP contribution in [0.1, 0.15) is 0 Å². The highest BCUT2D eigenvalue weighted by Gasteiger charge is 2.00. The van der Waals surface area contributed by atoms with Crippen molar-refractivity contribution >= 4 is 23.1 Å². The number of hydrogen-bond donors (Lipinski definition) is 1. The molecule has 0 radical (unpaired) electrons. The molecule has 0 fully saturated rings. The highest BCUT2D eigenvalue weighted by atomic mass is 35.5. The molecular weight excluding hydrogens is 164 g/mol. The topological polar surface area (TPSA) is 56.2 Å². The van der Waals surface area contributed by atoms with E-state index in [0.717, 1.165) is 0 Å². The molecule has 0 saturated carbocycles. The molecule has 0 unspecified atom stereocenters. The van der Waals surface area contributed by atoms with Crippen LogP contribution >= 0.6 is 11.6 Å². The van der Waals surface area contributed by atoms with Gasteiger partial charge >= 0.3 is 0 Å². The summed E-state index contributed by atoms with van der Waals surface area (Å²) in [6.07, 6.45) is 5.06. The zero-order valence-corrected chi connectivity index (χ0v) is 6.28. The van der Waals surface area contributed by atoms with E-state index in [-0.39, 0.29) is 0 Å². The van der Waals surface area contributed by atoms with Gasteiger partial charge in [-0.15, -0.1) is 0 Å². The molecule has 0 aliphatic carbocycles. The minimum Gasteiger partial charge on any atom is -0.381 e. The van der Waals surface area contributed by atoms with Gasteiger partial charge in [-0.2, -0.15) is 0 Å². The van der Waals surface area contributed by atoms with Crippen molar-refractivity contribution in [1.82, 2.24) is 14.4 Å². The van der Waals surface area contributed by atoms with Gasteiger partial charge in [0.1, 0.15) is 5.15 Å². The third-order valence-electron chi connectivity index (χ3n) is 1.37. The van der Waals surface area contributed by atoms with Crippen LogP contribution in [0, 0.1) is 0 Å². The molecule has 0 aliphatic heterocycles. The van der Waals surface area contributed by atoms with Gasteiger partial charge in [-0.05, 0) is 0 Å². The van der Waals surface area contributed by atoms with Crippen LogP contribution in [-0.4, -0.2) is 14.4 Å². The molecule has 0 atom stereocenters. The third-order valence-corrected chi connectivity index (χ3v) is 1.55. The van der Waals surface area contributed by atoms with E-state index in [0.29, 0.717) is 16.6 Å². The Bertz CT molecular complexity index is 394. The molecular formula is C6H5ClN4. The Kier molecular flexibility index (Phi) is 1.22. The summed E-state index contributed by atoms with van der Waals surface area (Å²) in [5.74, 6) is 0.350. The number of nitrogens with two attached hydrogens (primary N) is 1. The summed E-state index contributed by atoms with van der Waals surface area (Å²) in [6.45, 7) is 0. The molecule has 2 N–H and O–H groups in total. The summed E-state index contributed by atoms with van der Waals surface area (Å²) in [7, 11) is 0. The van der Waals surface area contributed by atoms with Gasteiger partial charge in [0.15, 0.2) is 11.5 Å². The largest absolute Gasteiger partial charge is 0.381 e. The Morgan fingerprint density at radius 2 is 2.36 bits per heavy atom. The van der Waals surface area contributed by atoms with Crippen molar-refractivity contribution in [2.24, 2.45) is 0 Å². The first-order chi connectivity index (χ1) is 5.27. The minimum absolute atomic E-state index is 0.350. The van der Waals surface area contributed by atoms with Crippen molar-refractivity contribution in [3.8, 4) is 0 Å². The van der Waals surface area contributed by atoms with Crippen LogP contribution in [0.3, 0.4) is 0 Å². The molecule has 0 amide bonds. The van der Waals surface area contributed by atoms with Gasteiger partial charge in [-0.3, -0.25) is 0 Å². The smallest absolute Gasteiger partial charge is 0.179 e. The van der Waals surface area contributed by atoms with Crippen molar-refractivity contribution in [3.63, 3.8) is 0 Å². The monoisotopic (exact) mass is 168 g/mol. The van der Waals surface area contributed by atoms with E-state index in [2.05, 4.69) is 9.97 Å². The van der Waals surface area contributed by atoms with Gasteiger partial charge in [0.25, 0.3) is 0 Å². The molecule has 0 saturated heterocycles. The summed E-state index contributed by atoms with van der Waals surface area (Å²) >= 11 is 5.64. The number of nitrogens with zero attached hydrogens (tertiary/aromatic N) is 3. The van der Waals surface area contributed by atoms with E-state index in [1.54, 1.807) is 23.0 Å². The standard InChI is InChI=1S/C6H5ClN4/c7-4-3-11-2-1-9-6(11)5(8)10-4/h1-3H,(H2,8,10). The second-order valence-electron chi connectivity index (χ2n) is 2.11. The third kappa shape index (κ3) is 0.914. The van der Waals surface area contributed by atoms with Gasteiger partial charge in [0.05, 0.1) is 0 Å². The van der Waals surface area contributed by atoms with Crippen LogP contribution in [0.15, 0.2) is 18.6 Å². The second kappa shape index (κ2) is 2.10. The molecule has 0 aliphatic rings. The Balaban J connectivity index is 2.91. The fourth-order valence-electron chi connectivity index (χ4n) is 0.924. The predicted octanol–water partition coefficient (Wildman–Crippen LogP) is 0.965. The molecule has 0 spiro atoms.